The average molecular weight is 284 g/mol. The maximum Gasteiger partial charge on any atom is 0.312 e. The van der Waals surface area contributed by atoms with Gasteiger partial charge in [-0.15, -0.1) is 23.2 Å². The van der Waals surface area contributed by atoms with Crippen LogP contribution in [0.1, 0.15) is 28.8 Å². The quantitative estimate of drug-likeness (QED) is 0.467. The van der Waals surface area contributed by atoms with Gasteiger partial charge in [0.15, 0.2) is 5.69 Å². The lowest BCUT2D eigenvalue weighted by molar-refractivity contribution is -0.147. The van der Waals surface area contributed by atoms with Crippen molar-refractivity contribution in [3.63, 3.8) is 0 Å². The summed E-state index contributed by atoms with van der Waals surface area (Å²) < 4.78 is 4.99. The molecule has 0 amide bonds. The van der Waals surface area contributed by atoms with E-state index in [1.54, 1.807) is 25.1 Å². The fraction of sp³-hybridized carbons (Fsp3) is 0.385. The molecule has 0 radical (unpaired) electrons. The van der Waals surface area contributed by atoms with Crippen molar-refractivity contribution in [1.82, 2.24) is 0 Å². The minimum absolute atomic E-state index is 0.298. The van der Waals surface area contributed by atoms with Gasteiger partial charge in [-0.3, -0.25) is 4.79 Å². The SMILES string of the molecule is [C-]#[N+]c1ccc2c(c1)C(Cl)C(C(=O)OCC)C2Cl. The molecule has 0 aliphatic heterocycles. The van der Waals surface area contributed by atoms with Crippen molar-refractivity contribution in [2.45, 2.75) is 17.7 Å². The first kappa shape index (κ1) is 13.2. The molecule has 2 rings (SSSR count). The lowest BCUT2D eigenvalue weighted by Gasteiger charge is -2.15. The first-order chi connectivity index (χ1) is 8.60. The highest BCUT2D eigenvalue weighted by atomic mass is 35.5. The Hall–Kier alpha value is -1.24. The molecule has 0 N–H and O–H groups in total. The molecule has 0 fully saturated rings. The Labute approximate surface area is 115 Å². The molecular weight excluding hydrogens is 273 g/mol. The van der Waals surface area contributed by atoms with Crippen LogP contribution in [0.4, 0.5) is 5.69 Å². The van der Waals surface area contributed by atoms with Gasteiger partial charge in [-0.1, -0.05) is 18.2 Å². The third kappa shape index (κ3) is 2.07. The third-order valence-corrected chi connectivity index (χ3v) is 4.00. The maximum atomic E-state index is 11.8. The number of esters is 1. The summed E-state index contributed by atoms with van der Waals surface area (Å²) in [6.07, 6.45) is 0. The molecule has 0 saturated carbocycles. The molecule has 0 aromatic heterocycles. The fourth-order valence-electron chi connectivity index (χ4n) is 2.13. The Balaban J connectivity index is 2.37. The van der Waals surface area contributed by atoms with Gasteiger partial charge in [0.25, 0.3) is 0 Å². The molecule has 1 aromatic carbocycles. The smallest absolute Gasteiger partial charge is 0.312 e. The van der Waals surface area contributed by atoms with Gasteiger partial charge < -0.3 is 4.74 Å². The van der Waals surface area contributed by atoms with Crippen LogP contribution < -0.4 is 0 Å². The summed E-state index contributed by atoms with van der Waals surface area (Å²) in [5.74, 6) is -0.984. The molecule has 3 unspecified atom stereocenters. The number of fused-ring (bicyclic) bond motifs is 1. The van der Waals surface area contributed by atoms with Gasteiger partial charge in [0.2, 0.25) is 0 Å². The van der Waals surface area contributed by atoms with E-state index in [9.17, 15) is 4.79 Å². The molecule has 18 heavy (non-hydrogen) atoms. The first-order valence-electron chi connectivity index (χ1n) is 5.56. The third-order valence-electron chi connectivity index (χ3n) is 2.98. The maximum absolute atomic E-state index is 11.8. The van der Waals surface area contributed by atoms with E-state index in [0.717, 1.165) is 11.1 Å². The number of nitrogens with zero attached hydrogens (tertiary/aromatic N) is 1. The highest BCUT2D eigenvalue weighted by molar-refractivity contribution is 6.28. The van der Waals surface area contributed by atoms with Crippen molar-refractivity contribution in [2.24, 2.45) is 5.92 Å². The van der Waals surface area contributed by atoms with E-state index in [-0.39, 0.29) is 0 Å². The normalized spacial score (nSPS) is 25.3. The Morgan fingerprint density at radius 1 is 1.39 bits per heavy atom. The van der Waals surface area contributed by atoms with Crippen LogP contribution in [0.5, 0.6) is 0 Å². The van der Waals surface area contributed by atoms with E-state index in [1.165, 1.54) is 0 Å². The Kier molecular flexibility index (Phi) is 3.79. The summed E-state index contributed by atoms with van der Waals surface area (Å²) >= 11 is 12.5. The number of hydrogen-bond donors (Lipinski definition) is 0. The summed E-state index contributed by atoms with van der Waals surface area (Å²) in [5, 5.41) is -1.04. The number of ether oxygens (including phenoxy) is 1. The second-order valence-corrected chi connectivity index (χ2v) is 4.95. The first-order valence-corrected chi connectivity index (χ1v) is 6.43. The zero-order valence-corrected chi connectivity index (χ0v) is 11.2. The van der Waals surface area contributed by atoms with Gasteiger partial charge in [-0.2, -0.15) is 0 Å². The Morgan fingerprint density at radius 3 is 2.67 bits per heavy atom. The van der Waals surface area contributed by atoms with Gasteiger partial charge in [0.1, 0.15) is 0 Å². The second-order valence-electron chi connectivity index (χ2n) is 4.01. The second kappa shape index (κ2) is 5.17. The molecule has 0 heterocycles. The fourth-order valence-corrected chi connectivity index (χ4v) is 3.09. The van der Waals surface area contributed by atoms with Crippen LogP contribution in [0.25, 0.3) is 4.85 Å². The van der Waals surface area contributed by atoms with Gasteiger partial charge in [0, 0.05) is 0 Å². The van der Waals surface area contributed by atoms with E-state index in [2.05, 4.69) is 4.85 Å². The number of halogens is 2. The lowest BCUT2D eigenvalue weighted by atomic mass is 10.1. The number of benzene rings is 1. The monoisotopic (exact) mass is 283 g/mol. The Bertz CT molecular complexity index is 524. The predicted octanol–water partition coefficient (Wildman–Crippen LogP) is 3.99. The molecule has 0 bridgehead atoms. The largest absolute Gasteiger partial charge is 0.466 e. The van der Waals surface area contributed by atoms with E-state index in [1.807, 2.05) is 0 Å². The lowest BCUT2D eigenvalue weighted by Crippen LogP contribution is -2.21. The number of rotatable bonds is 2. The van der Waals surface area contributed by atoms with Crippen molar-refractivity contribution >= 4 is 34.9 Å². The molecule has 3 nitrogen and oxygen atoms in total. The zero-order chi connectivity index (χ0) is 13.3. The topological polar surface area (TPSA) is 30.7 Å². The summed E-state index contributed by atoms with van der Waals surface area (Å²) in [6, 6.07) is 5.13. The highest BCUT2D eigenvalue weighted by Crippen LogP contribution is 2.52. The van der Waals surface area contributed by atoms with Crippen LogP contribution in [-0.2, 0) is 9.53 Å². The molecule has 1 aliphatic carbocycles. The zero-order valence-electron chi connectivity index (χ0n) is 9.69. The van der Waals surface area contributed by atoms with Crippen LogP contribution in [-0.4, -0.2) is 12.6 Å². The number of alkyl halides is 2. The average Bonchev–Trinajstić information content (AvgIpc) is 2.62. The van der Waals surface area contributed by atoms with Gasteiger partial charge in [0.05, 0.1) is 29.9 Å². The summed E-state index contributed by atoms with van der Waals surface area (Å²) in [6.45, 7) is 9.02. The predicted molar refractivity (Wildman–Crippen MR) is 70.0 cm³/mol. The van der Waals surface area contributed by atoms with Gasteiger partial charge in [-0.05, 0) is 18.1 Å². The number of carbonyl (C=O) groups excluding carboxylic acids is 1. The molecule has 94 valence electrons. The molecular formula is C13H11Cl2NO2. The minimum Gasteiger partial charge on any atom is -0.466 e. The summed E-state index contributed by atoms with van der Waals surface area (Å²) in [4.78, 5) is 15.2. The summed E-state index contributed by atoms with van der Waals surface area (Å²) in [5.41, 5.74) is 2.05. The summed E-state index contributed by atoms with van der Waals surface area (Å²) in [7, 11) is 0. The van der Waals surface area contributed by atoms with Crippen molar-refractivity contribution in [2.75, 3.05) is 6.61 Å². The van der Waals surface area contributed by atoms with Crippen molar-refractivity contribution in [1.29, 1.82) is 0 Å². The number of hydrogen-bond acceptors (Lipinski definition) is 2. The van der Waals surface area contributed by atoms with Crippen molar-refractivity contribution in [3.05, 3.63) is 40.7 Å². The van der Waals surface area contributed by atoms with E-state index >= 15 is 0 Å². The Morgan fingerprint density at radius 2 is 2.06 bits per heavy atom. The molecule has 1 aromatic rings. The molecule has 0 spiro atoms. The van der Waals surface area contributed by atoms with E-state index < -0.39 is 22.6 Å². The molecule has 3 atom stereocenters. The van der Waals surface area contributed by atoms with Crippen LogP contribution in [0, 0.1) is 12.5 Å². The van der Waals surface area contributed by atoms with Gasteiger partial charge >= 0.3 is 5.97 Å². The van der Waals surface area contributed by atoms with Crippen LogP contribution in [0.3, 0.4) is 0 Å². The molecule has 1 aliphatic rings. The van der Waals surface area contributed by atoms with Crippen molar-refractivity contribution in [3.8, 4) is 0 Å². The van der Waals surface area contributed by atoms with Crippen LogP contribution in [0.15, 0.2) is 18.2 Å². The van der Waals surface area contributed by atoms with Crippen LogP contribution in [0.2, 0.25) is 0 Å². The van der Waals surface area contributed by atoms with E-state index in [0.29, 0.717) is 12.3 Å². The molecule has 5 heteroatoms. The van der Waals surface area contributed by atoms with Crippen molar-refractivity contribution < 1.29 is 9.53 Å². The van der Waals surface area contributed by atoms with Gasteiger partial charge in [-0.25, -0.2) is 4.85 Å². The van der Waals surface area contributed by atoms with Crippen LogP contribution >= 0.6 is 23.2 Å². The minimum atomic E-state index is -0.593. The highest BCUT2D eigenvalue weighted by Gasteiger charge is 2.44. The standard InChI is InChI=1S/C13H11Cl2NO2/c1-3-18-13(17)10-11(14)8-5-4-7(16-2)6-9(8)12(10)15/h4-6,10-12H,3H2,1H3. The molecule has 0 saturated heterocycles. The van der Waals surface area contributed by atoms with E-state index in [4.69, 9.17) is 34.5 Å². The number of carbonyl (C=O) groups is 1.